The van der Waals surface area contributed by atoms with E-state index in [4.69, 9.17) is 0 Å². The minimum atomic E-state index is 1.09. The second kappa shape index (κ2) is 15.4. The van der Waals surface area contributed by atoms with E-state index in [0.29, 0.717) is 0 Å². The van der Waals surface area contributed by atoms with Crippen LogP contribution in [0.5, 0.6) is 0 Å². The fourth-order valence-corrected chi connectivity index (χ4v) is 11.1. The third-order valence-electron chi connectivity index (χ3n) is 12.9. The maximum atomic E-state index is 4.14. The lowest BCUT2D eigenvalue weighted by molar-refractivity contribution is 1.18. The summed E-state index contributed by atoms with van der Waals surface area (Å²) in [6.45, 7) is 6.21. The summed E-state index contributed by atoms with van der Waals surface area (Å²) in [5, 5.41) is 11.3. The number of hydrogen-bond acceptors (Lipinski definition) is 2. The molecule has 3 heteroatoms. The number of fused-ring (bicyclic) bond motifs is 10. The van der Waals surface area contributed by atoms with Crippen LogP contribution in [0.4, 0.5) is 17.1 Å². The third kappa shape index (κ3) is 6.08. The van der Waals surface area contributed by atoms with E-state index in [9.17, 15) is 0 Å². The Morgan fingerprint density at radius 2 is 0.984 bits per heavy atom. The van der Waals surface area contributed by atoms with Gasteiger partial charge in [0.1, 0.15) is 0 Å². The van der Waals surface area contributed by atoms with Crippen LogP contribution in [0.15, 0.2) is 219 Å². The fraction of sp³-hybridized carbons (Fsp3) is 0.0164. The number of nitrogens with zero attached hydrogens (tertiary/aromatic N) is 2. The van der Waals surface area contributed by atoms with Crippen molar-refractivity contribution >= 4 is 105 Å². The first-order chi connectivity index (χ1) is 31.7. The molecule has 302 valence electrons. The van der Waals surface area contributed by atoms with Crippen LogP contribution in [-0.4, -0.2) is 4.57 Å². The highest BCUT2D eigenvalue weighted by Crippen LogP contribution is 2.44. The van der Waals surface area contributed by atoms with E-state index >= 15 is 0 Å². The molecule has 0 aliphatic rings. The summed E-state index contributed by atoms with van der Waals surface area (Å²) in [5.41, 5.74) is 12.9. The molecular weight excluding hydrogens is 793 g/mol. The third-order valence-corrected chi connectivity index (χ3v) is 14.1. The molecule has 0 atom stereocenters. The van der Waals surface area contributed by atoms with Crippen molar-refractivity contribution in [1.29, 1.82) is 0 Å². The minimum absolute atomic E-state index is 1.09. The summed E-state index contributed by atoms with van der Waals surface area (Å²) in [6, 6.07) is 75.7. The van der Waals surface area contributed by atoms with Crippen molar-refractivity contribution in [1.82, 2.24) is 4.57 Å². The average Bonchev–Trinajstić information content (AvgIpc) is 3.90. The van der Waals surface area contributed by atoms with Gasteiger partial charge in [-0.05, 0) is 134 Å². The Hall–Kier alpha value is -7.98. The second-order valence-corrected chi connectivity index (χ2v) is 17.5. The molecule has 0 spiro atoms. The summed E-state index contributed by atoms with van der Waals surface area (Å²) >= 11 is 1.81. The Morgan fingerprint density at radius 1 is 0.438 bits per heavy atom. The molecule has 0 N–H and O–H groups in total. The van der Waals surface area contributed by atoms with Gasteiger partial charge in [-0.25, -0.2) is 0 Å². The number of thiophene rings is 1. The molecule has 10 aromatic carbocycles. The summed E-state index contributed by atoms with van der Waals surface area (Å²) in [5.74, 6) is 0. The number of para-hydroxylation sites is 2. The van der Waals surface area contributed by atoms with E-state index in [1.165, 1.54) is 96.9 Å². The molecule has 0 aliphatic heterocycles. The number of hydrogen-bond donors (Lipinski definition) is 0. The molecule has 12 aromatic rings. The number of allylic oxidation sites excluding steroid dienone is 1. The topological polar surface area (TPSA) is 8.17 Å². The molecule has 0 amide bonds. The Balaban J connectivity index is 0.995. The molecule has 0 fully saturated rings. The van der Waals surface area contributed by atoms with Gasteiger partial charge in [-0.15, -0.1) is 11.3 Å². The second-order valence-electron chi connectivity index (χ2n) is 16.4. The lowest BCUT2D eigenvalue weighted by Gasteiger charge is -2.27. The van der Waals surface area contributed by atoms with Gasteiger partial charge in [0.05, 0.1) is 11.0 Å². The van der Waals surface area contributed by atoms with E-state index in [2.05, 4.69) is 241 Å². The summed E-state index contributed by atoms with van der Waals surface area (Å²) in [4.78, 5) is 3.60. The molecule has 0 aliphatic carbocycles. The molecule has 64 heavy (non-hydrogen) atoms. The first kappa shape index (κ1) is 37.8. The summed E-state index contributed by atoms with van der Waals surface area (Å²) in [6.07, 6.45) is 6.29. The normalized spacial score (nSPS) is 11.8. The zero-order chi connectivity index (χ0) is 42.7. The van der Waals surface area contributed by atoms with E-state index in [1.807, 2.05) is 17.4 Å². The highest BCUT2D eigenvalue weighted by Gasteiger charge is 2.19. The zero-order valence-electron chi connectivity index (χ0n) is 35.4. The van der Waals surface area contributed by atoms with Crippen molar-refractivity contribution < 1.29 is 0 Å². The van der Waals surface area contributed by atoms with E-state index in [0.717, 1.165) is 22.7 Å². The van der Waals surface area contributed by atoms with Gasteiger partial charge in [0.15, 0.2) is 0 Å². The highest BCUT2D eigenvalue weighted by molar-refractivity contribution is 7.20. The Morgan fingerprint density at radius 3 is 1.66 bits per heavy atom. The number of anilines is 3. The predicted octanol–water partition coefficient (Wildman–Crippen LogP) is 17.9. The van der Waals surface area contributed by atoms with Crippen LogP contribution in [-0.2, 0) is 0 Å². The molecule has 2 aromatic heterocycles. The summed E-state index contributed by atoms with van der Waals surface area (Å²) in [7, 11) is 0. The van der Waals surface area contributed by atoms with Crippen molar-refractivity contribution in [3.05, 3.63) is 229 Å². The quantitative estimate of drug-likeness (QED) is 0.138. The number of aromatic nitrogens is 1. The van der Waals surface area contributed by atoms with Crippen molar-refractivity contribution in [3.8, 4) is 27.9 Å². The monoisotopic (exact) mass is 834 g/mol. The molecule has 2 heterocycles. The van der Waals surface area contributed by atoms with E-state index < -0.39 is 0 Å². The molecule has 0 bridgehead atoms. The van der Waals surface area contributed by atoms with Crippen molar-refractivity contribution in [2.45, 2.75) is 6.92 Å². The van der Waals surface area contributed by atoms with Crippen LogP contribution in [0.2, 0.25) is 0 Å². The molecule has 0 unspecified atom stereocenters. The predicted molar refractivity (Wildman–Crippen MR) is 279 cm³/mol. The SMILES string of the molecule is C=Cc1sc2c(-c3ccc(N(c4ccc(-c5ccc6c(c5)c5ccccc5n6-c5ccccc5)cc4)c4ccc5c6ccccc6c6ccccc6c5c4)cc3)cccc2c1/C=C\C. The van der Waals surface area contributed by atoms with Crippen LogP contribution >= 0.6 is 11.3 Å². The smallest absolute Gasteiger partial charge is 0.0541 e. The van der Waals surface area contributed by atoms with Crippen LogP contribution in [0.3, 0.4) is 0 Å². The lowest BCUT2D eigenvalue weighted by Crippen LogP contribution is -2.10. The molecule has 0 radical (unpaired) electrons. The first-order valence-corrected chi connectivity index (χ1v) is 22.7. The van der Waals surface area contributed by atoms with Crippen LogP contribution in [0.1, 0.15) is 17.4 Å². The lowest BCUT2D eigenvalue weighted by atomic mass is 9.94. The van der Waals surface area contributed by atoms with Gasteiger partial charge in [0.25, 0.3) is 0 Å². The van der Waals surface area contributed by atoms with Crippen LogP contribution in [0.25, 0.3) is 104 Å². The summed E-state index contributed by atoms with van der Waals surface area (Å²) < 4.78 is 3.65. The van der Waals surface area contributed by atoms with E-state index in [-0.39, 0.29) is 0 Å². The Bertz CT molecular complexity index is 3760. The molecular formula is C61H42N2S. The van der Waals surface area contributed by atoms with Gasteiger partial charge in [-0.3, -0.25) is 0 Å². The molecule has 2 nitrogen and oxygen atoms in total. The Labute approximate surface area is 376 Å². The van der Waals surface area contributed by atoms with Crippen molar-refractivity contribution in [2.75, 3.05) is 4.90 Å². The minimum Gasteiger partial charge on any atom is -0.310 e. The fourth-order valence-electron chi connectivity index (χ4n) is 9.96. The van der Waals surface area contributed by atoms with E-state index in [1.54, 1.807) is 0 Å². The standard InChI is InChI=1S/C61H42N2S/c1-3-15-54-55-24-14-23-47(61(55)64-60(54)4-2)41-28-33-45(34-29-41)62(46-35-36-52-50-20-9-8-18-48(50)49-19-10-11-21-51(49)56(52)39-46)44-31-26-40(27-32-44)42-30-37-59-57(38-42)53-22-12-13-25-58(53)63(59)43-16-6-5-7-17-43/h3-39H,2H2,1H3/b15-3-. The highest BCUT2D eigenvalue weighted by atomic mass is 32.1. The van der Waals surface area contributed by atoms with Gasteiger partial charge < -0.3 is 9.47 Å². The van der Waals surface area contributed by atoms with Crippen LogP contribution < -0.4 is 4.90 Å². The zero-order valence-corrected chi connectivity index (χ0v) is 36.2. The van der Waals surface area contributed by atoms with Crippen LogP contribution in [0, 0.1) is 0 Å². The number of rotatable bonds is 8. The van der Waals surface area contributed by atoms with Gasteiger partial charge in [-0.2, -0.15) is 0 Å². The first-order valence-electron chi connectivity index (χ1n) is 21.9. The molecule has 0 saturated carbocycles. The van der Waals surface area contributed by atoms with Crippen molar-refractivity contribution in [2.24, 2.45) is 0 Å². The van der Waals surface area contributed by atoms with Gasteiger partial charge in [-0.1, -0.05) is 164 Å². The van der Waals surface area contributed by atoms with Crippen molar-refractivity contribution in [3.63, 3.8) is 0 Å². The van der Waals surface area contributed by atoms with Gasteiger partial charge in [0, 0.05) is 48.5 Å². The number of benzene rings is 10. The maximum Gasteiger partial charge on any atom is 0.0541 e. The van der Waals surface area contributed by atoms with Gasteiger partial charge in [0.2, 0.25) is 0 Å². The average molecular weight is 835 g/mol. The van der Waals surface area contributed by atoms with Gasteiger partial charge >= 0.3 is 0 Å². The maximum absolute atomic E-state index is 4.14. The largest absolute Gasteiger partial charge is 0.310 e. The Kier molecular flexibility index (Phi) is 9.10. The molecule has 12 rings (SSSR count). The molecule has 0 saturated heterocycles.